The number of hydrogen-bond donors (Lipinski definition) is 0. The van der Waals surface area contributed by atoms with Crippen LogP contribution in [0.5, 0.6) is 0 Å². The van der Waals surface area contributed by atoms with Crippen LogP contribution in [0.3, 0.4) is 0 Å². The summed E-state index contributed by atoms with van der Waals surface area (Å²) < 4.78 is 0. The molecule has 122 valence electrons. The van der Waals surface area contributed by atoms with Gasteiger partial charge in [-0.3, -0.25) is 19.3 Å². The highest BCUT2D eigenvalue weighted by molar-refractivity contribution is 6.45. The standard InChI is InChI=1S/C15H16ClN3O4/c1-3-18-13(21)14(22)19(15(18)23)9-12(20)17(2)8-10-4-6-11(16)7-5-10/h4-7H,3,8-9H2,1-2H3. The van der Waals surface area contributed by atoms with Crippen LogP contribution in [0, 0.1) is 0 Å². The second kappa shape index (κ2) is 6.78. The molecule has 1 aliphatic rings. The summed E-state index contributed by atoms with van der Waals surface area (Å²) in [6, 6.07) is 6.22. The van der Waals surface area contributed by atoms with E-state index in [0.29, 0.717) is 16.5 Å². The van der Waals surface area contributed by atoms with Gasteiger partial charge in [0.05, 0.1) is 0 Å². The molecule has 0 aliphatic carbocycles. The van der Waals surface area contributed by atoms with Crippen molar-refractivity contribution in [3.63, 3.8) is 0 Å². The molecule has 0 radical (unpaired) electrons. The number of hydrogen-bond acceptors (Lipinski definition) is 4. The van der Waals surface area contributed by atoms with Gasteiger partial charge >= 0.3 is 17.8 Å². The van der Waals surface area contributed by atoms with Crippen molar-refractivity contribution in [1.82, 2.24) is 14.7 Å². The van der Waals surface area contributed by atoms with Crippen LogP contribution >= 0.6 is 11.6 Å². The number of imide groups is 2. The van der Waals surface area contributed by atoms with E-state index in [1.54, 1.807) is 38.2 Å². The fourth-order valence-corrected chi connectivity index (χ4v) is 2.30. The number of halogens is 1. The van der Waals surface area contributed by atoms with Crippen molar-refractivity contribution in [1.29, 1.82) is 0 Å². The van der Waals surface area contributed by atoms with Crippen LogP contribution in [0.15, 0.2) is 24.3 Å². The predicted octanol–water partition coefficient (Wildman–Crippen LogP) is 1.11. The molecular formula is C15H16ClN3O4. The Balaban J connectivity index is 2.01. The van der Waals surface area contributed by atoms with Crippen LogP contribution in [-0.4, -0.2) is 58.6 Å². The van der Waals surface area contributed by atoms with Gasteiger partial charge in [-0.25, -0.2) is 9.69 Å². The molecule has 1 aliphatic heterocycles. The van der Waals surface area contributed by atoms with E-state index in [1.165, 1.54) is 4.90 Å². The van der Waals surface area contributed by atoms with E-state index in [2.05, 4.69) is 0 Å². The second-order valence-corrected chi connectivity index (χ2v) is 5.54. The first-order valence-electron chi connectivity index (χ1n) is 7.00. The Hall–Kier alpha value is -2.41. The fourth-order valence-electron chi connectivity index (χ4n) is 2.18. The summed E-state index contributed by atoms with van der Waals surface area (Å²) in [7, 11) is 1.56. The summed E-state index contributed by atoms with van der Waals surface area (Å²) >= 11 is 5.80. The van der Waals surface area contributed by atoms with E-state index in [0.717, 1.165) is 10.5 Å². The number of urea groups is 1. The second-order valence-electron chi connectivity index (χ2n) is 5.10. The molecule has 1 fully saturated rings. The maximum Gasteiger partial charge on any atom is 0.334 e. The first-order valence-corrected chi connectivity index (χ1v) is 7.38. The highest BCUT2D eigenvalue weighted by atomic mass is 35.5. The molecule has 1 aromatic carbocycles. The van der Waals surface area contributed by atoms with Crippen LogP contribution < -0.4 is 0 Å². The highest BCUT2D eigenvalue weighted by Crippen LogP contribution is 2.13. The number of carbonyl (C=O) groups excluding carboxylic acids is 4. The molecule has 1 aromatic rings. The molecule has 0 aromatic heterocycles. The molecular weight excluding hydrogens is 322 g/mol. The van der Waals surface area contributed by atoms with Gasteiger partial charge in [-0.2, -0.15) is 0 Å². The number of benzene rings is 1. The van der Waals surface area contributed by atoms with E-state index >= 15 is 0 Å². The minimum atomic E-state index is -0.968. The van der Waals surface area contributed by atoms with Gasteiger partial charge in [0.2, 0.25) is 5.91 Å². The summed E-state index contributed by atoms with van der Waals surface area (Å²) in [6.07, 6.45) is 0. The highest BCUT2D eigenvalue weighted by Gasteiger charge is 2.44. The third kappa shape index (κ3) is 3.50. The zero-order valence-electron chi connectivity index (χ0n) is 12.8. The predicted molar refractivity (Wildman–Crippen MR) is 82.4 cm³/mol. The topological polar surface area (TPSA) is 78.0 Å². The number of amides is 5. The Kier molecular flexibility index (Phi) is 5.00. The normalized spacial score (nSPS) is 14.7. The molecule has 7 nitrogen and oxygen atoms in total. The molecule has 0 unspecified atom stereocenters. The van der Waals surface area contributed by atoms with Crippen LogP contribution in [-0.2, 0) is 20.9 Å². The molecule has 2 rings (SSSR count). The van der Waals surface area contributed by atoms with E-state index in [9.17, 15) is 19.2 Å². The first-order chi connectivity index (χ1) is 10.8. The fraction of sp³-hybridized carbons (Fsp3) is 0.333. The summed E-state index contributed by atoms with van der Waals surface area (Å²) in [5.41, 5.74) is 0.857. The molecule has 0 atom stereocenters. The third-order valence-electron chi connectivity index (χ3n) is 3.50. The van der Waals surface area contributed by atoms with E-state index < -0.39 is 30.3 Å². The molecule has 0 saturated carbocycles. The number of likely N-dealkylation sites (N-methyl/N-ethyl adjacent to an activating group) is 2. The number of nitrogens with zero attached hydrogens (tertiary/aromatic N) is 3. The lowest BCUT2D eigenvalue weighted by Crippen LogP contribution is -2.42. The van der Waals surface area contributed by atoms with Crippen molar-refractivity contribution in [2.45, 2.75) is 13.5 Å². The molecule has 0 bridgehead atoms. The van der Waals surface area contributed by atoms with Crippen molar-refractivity contribution in [3.8, 4) is 0 Å². The van der Waals surface area contributed by atoms with Gasteiger partial charge in [0.15, 0.2) is 0 Å². The van der Waals surface area contributed by atoms with Gasteiger partial charge in [0.1, 0.15) is 6.54 Å². The van der Waals surface area contributed by atoms with Crippen molar-refractivity contribution < 1.29 is 19.2 Å². The summed E-state index contributed by atoms with van der Waals surface area (Å²) in [5, 5.41) is 0.592. The Morgan fingerprint density at radius 3 is 2.17 bits per heavy atom. The van der Waals surface area contributed by atoms with Gasteiger partial charge in [0.25, 0.3) is 0 Å². The van der Waals surface area contributed by atoms with Crippen molar-refractivity contribution >= 4 is 35.4 Å². The largest absolute Gasteiger partial charge is 0.340 e. The van der Waals surface area contributed by atoms with Crippen molar-refractivity contribution in [3.05, 3.63) is 34.9 Å². The summed E-state index contributed by atoms with van der Waals surface area (Å²) in [5.74, 6) is -2.30. The molecule has 1 saturated heterocycles. The molecule has 8 heteroatoms. The quantitative estimate of drug-likeness (QED) is 0.595. The van der Waals surface area contributed by atoms with E-state index in [1.807, 2.05) is 0 Å². The Bertz CT molecular complexity index is 659. The minimum Gasteiger partial charge on any atom is -0.340 e. The Morgan fingerprint density at radius 1 is 1.09 bits per heavy atom. The number of rotatable bonds is 5. The van der Waals surface area contributed by atoms with Gasteiger partial charge in [-0.05, 0) is 24.6 Å². The Morgan fingerprint density at radius 2 is 1.65 bits per heavy atom. The third-order valence-corrected chi connectivity index (χ3v) is 3.76. The van der Waals surface area contributed by atoms with Gasteiger partial charge in [-0.15, -0.1) is 0 Å². The monoisotopic (exact) mass is 337 g/mol. The lowest BCUT2D eigenvalue weighted by atomic mass is 10.2. The molecule has 0 spiro atoms. The van der Waals surface area contributed by atoms with Gasteiger partial charge in [-0.1, -0.05) is 23.7 Å². The Labute approximate surface area is 138 Å². The van der Waals surface area contributed by atoms with Crippen LogP contribution in [0.1, 0.15) is 12.5 Å². The van der Waals surface area contributed by atoms with Crippen molar-refractivity contribution in [2.75, 3.05) is 20.1 Å². The lowest BCUT2D eigenvalue weighted by Gasteiger charge is -2.20. The van der Waals surface area contributed by atoms with Gasteiger partial charge < -0.3 is 4.90 Å². The molecule has 1 heterocycles. The molecule has 0 N–H and O–H groups in total. The SMILES string of the molecule is CCN1C(=O)C(=O)N(CC(=O)N(C)Cc2ccc(Cl)cc2)C1=O. The lowest BCUT2D eigenvalue weighted by molar-refractivity contribution is -0.144. The smallest absolute Gasteiger partial charge is 0.334 e. The zero-order chi connectivity index (χ0) is 17.1. The van der Waals surface area contributed by atoms with Crippen molar-refractivity contribution in [2.24, 2.45) is 0 Å². The number of carbonyl (C=O) groups is 4. The zero-order valence-corrected chi connectivity index (χ0v) is 13.5. The summed E-state index contributed by atoms with van der Waals surface area (Å²) in [4.78, 5) is 50.4. The van der Waals surface area contributed by atoms with Gasteiger partial charge in [0, 0.05) is 25.2 Å². The molecule has 23 heavy (non-hydrogen) atoms. The average Bonchev–Trinajstić information content (AvgIpc) is 2.72. The molecule has 5 amide bonds. The van der Waals surface area contributed by atoms with E-state index in [-0.39, 0.29) is 6.54 Å². The van der Waals surface area contributed by atoms with E-state index in [4.69, 9.17) is 11.6 Å². The minimum absolute atomic E-state index is 0.0920. The summed E-state index contributed by atoms with van der Waals surface area (Å²) in [6.45, 7) is 1.53. The van der Waals surface area contributed by atoms with Crippen LogP contribution in [0.4, 0.5) is 4.79 Å². The first kappa shape index (κ1) is 17.0. The maximum atomic E-state index is 12.2. The average molecular weight is 338 g/mol. The maximum absolute atomic E-state index is 12.2. The van der Waals surface area contributed by atoms with Crippen LogP contribution in [0.25, 0.3) is 0 Å². The van der Waals surface area contributed by atoms with Crippen LogP contribution in [0.2, 0.25) is 5.02 Å².